The summed E-state index contributed by atoms with van der Waals surface area (Å²) in [5.41, 5.74) is 1.45. The van der Waals surface area contributed by atoms with E-state index in [1.165, 1.54) is 10.9 Å². The summed E-state index contributed by atoms with van der Waals surface area (Å²) < 4.78 is 7.84. The van der Waals surface area contributed by atoms with Crippen LogP contribution in [-0.2, 0) is 11.2 Å². The molecule has 0 aliphatic carbocycles. The normalized spacial score (nSPS) is 11.2. The number of carbonyl (C=O) groups excluding carboxylic acids is 1. The van der Waals surface area contributed by atoms with Crippen molar-refractivity contribution in [2.45, 2.75) is 26.2 Å². The van der Waals surface area contributed by atoms with Gasteiger partial charge in [0.15, 0.2) is 6.61 Å². The highest BCUT2D eigenvalue weighted by Crippen LogP contribution is 2.22. The Bertz CT molecular complexity index is 1520. The molecule has 37 heavy (non-hydrogen) atoms. The lowest BCUT2D eigenvalue weighted by molar-refractivity contribution is -0.118. The number of amides is 1. The van der Waals surface area contributed by atoms with Gasteiger partial charge in [0.2, 0.25) is 0 Å². The van der Waals surface area contributed by atoms with Gasteiger partial charge in [-0.05, 0) is 67.1 Å². The van der Waals surface area contributed by atoms with Crippen LogP contribution in [-0.4, -0.2) is 28.4 Å². The number of aryl methyl sites for hydroxylation is 1. The number of halogens is 3. The first-order valence-corrected chi connectivity index (χ1v) is 13.1. The number of hydrogen-bond acceptors (Lipinski definition) is 5. The minimum Gasteiger partial charge on any atom is -0.483 e. The third kappa shape index (κ3) is 6.97. The lowest BCUT2D eigenvalue weighted by Crippen LogP contribution is -2.23. The second-order valence-corrected chi connectivity index (χ2v) is 9.97. The van der Waals surface area contributed by atoms with Crippen molar-refractivity contribution in [2.24, 2.45) is 5.10 Å². The first-order chi connectivity index (χ1) is 17.8. The van der Waals surface area contributed by atoms with Gasteiger partial charge in [0, 0.05) is 32.2 Å². The molecule has 1 N–H and O–H groups in total. The van der Waals surface area contributed by atoms with E-state index in [4.69, 9.17) is 27.9 Å². The summed E-state index contributed by atoms with van der Waals surface area (Å²) in [4.78, 5) is 30.4. The van der Waals surface area contributed by atoms with Crippen LogP contribution in [0.5, 0.6) is 5.75 Å². The third-order valence-electron chi connectivity index (χ3n) is 5.40. The minimum atomic E-state index is -0.345. The topological polar surface area (TPSA) is 85.6 Å². The molecule has 0 atom stereocenters. The molecule has 4 rings (SSSR count). The van der Waals surface area contributed by atoms with Crippen LogP contribution in [0.2, 0.25) is 10.0 Å². The Morgan fingerprint density at radius 2 is 1.86 bits per heavy atom. The zero-order valence-corrected chi connectivity index (χ0v) is 23.0. The minimum absolute atomic E-state index is 0.238. The summed E-state index contributed by atoms with van der Waals surface area (Å²) >= 11 is 15.5. The number of benzene rings is 3. The molecular weight excluding hydrogens is 579 g/mol. The molecule has 0 bridgehead atoms. The molecule has 4 aromatic rings. The van der Waals surface area contributed by atoms with Crippen molar-refractivity contribution in [3.63, 3.8) is 0 Å². The summed E-state index contributed by atoms with van der Waals surface area (Å²) in [6.45, 7) is 1.83. The summed E-state index contributed by atoms with van der Waals surface area (Å²) in [7, 11) is 0. The fourth-order valence-electron chi connectivity index (χ4n) is 3.56. The molecule has 190 valence electrons. The van der Waals surface area contributed by atoms with Gasteiger partial charge in [0.25, 0.3) is 11.5 Å². The highest BCUT2D eigenvalue weighted by atomic mass is 79.9. The number of aromatic nitrogens is 2. The molecule has 0 saturated heterocycles. The molecule has 0 aliphatic heterocycles. The van der Waals surface area contributed by atoms with Crippen LogP contribution in [0.3, 0.4) is 0 Å². The van der Waals surface area contributed by atoms with Crippen molar-refractivity contribution in [3.05, 3.63) is 96.9 Å². The average molecular weight is 602 g/mol. The van der Waals surface area contributed by atoms with Gasteiger partial charge in [-0.1, -0.05) is 52.5 Å². The van der Waals surface area contributed by atoms with E-state index in [2.05, 4.69) is 38.3 Å². The number of fused-ring (bicyclic) bond motifs is 1. The largest absolute Gasteiger partial charge is 0.483 e. The monoisotopic (exact) mass is 600 g/mol. The fourth-order valence-corrected chi connectivity index (χ4v) is 4.22. The van der Waals surface area contributed by atoms with Crippen LogP contribution in [0.15, 0.2) is 75.0 Å². The highest BCUT2D eigenvalue weighted by Gasteiger charge is 2.12. The second-order valence-electron chi connectivity index (χ2n) is 8.18. The van der Waals surface area contributed by atoms with E-state index in [9.17, 15) is 9.59 Å². The van der Waals surface area contributed by atoms with Gasteiger partial charge in [0.1, 0.15) is 11.6 Å². The van der Waals surface area contributed by atoms with Crippen molar-refractivity contribution in [1.29, 1.82) is 0 Å². The van der Waals surface area contributed by atoms with E-state index in [0.29, 0.717) is 50.2 Å². The van der Waals surface area contributed by atoms with Gasteiger partial charge < -0.3 is 10.1 Å². The zero-order valence-electron chi connectivity index (χ0n) is 19.9. The lowest BCUT2D eigenvalue weighted by atomic mass is 10.2. The summed E-state index contributed by atoms with van der Waals surface area (Å²) in [6, 6.07) is 17.1. The van der Waals surface area contributed by atoms with Crippen LogP contribution >= 0.6 is 39.1 Å². The molecule has 10 heteroatoms. The van der Waals surface area contributed by atoms with Crippen LogP contribution in [0.25, 0.3) is 10.9 Å². The Morgan fingerprint density at radius 3 is 2.62 bits per heavy atom. The fraction of sp³-hybridized carbons (Fsp3) is 0.185. The molecule has 3 aromatic carbocycles. The SMILES string of the molecule is CCCCc1nc2ccc(Br)cc2c(=O)n1N=Cc1cc(Cl)ccc1OCC(=O)Nc1ccc(Cl)cc1. The van der Waals surface area contributed by atoms with Crippen molar-refractivity contribution in [2.75, 3.05) is 11.9 Å². The quantitative estimate of drug-likeness (QED) is 0.216. The maximum absolute atomic E-state index is 13.3. The molecule has 0 spiro atoms. The van der Waals surface area contributed by atoms with Crippen LogP contribution in [0.1, 0.15) is 31.2 Å². The average Bonchev–Trinajstić information content (AvgIpc) is 2.88. The molecule has 7 nitrogen and oxygen atoms in total. The van der Waals surface area contributed by atoms with Crippen LogP contribution in [0, 0.1) is 0 Å². The maximum Gasteiger partial charge on any atom is 0.282 e. The number of ether oxygens (including phenoxy) is 1. The van der Waals surface area contributed by atoms with Gasteiger partial charge >= 0.3 is 0 Å². The summed E-state index contributed by atoms with van der Waals surface area (Å²) in [5.74, 6) is 0.603. The van der Waals surface area contributed by atoms with E-state index in [1.807, 2.05) is 12.1 Å². The summed E-state index contributed by atoms with van der Waals surface area (Å²) in [5, 5.41) is 8.69. The zero-order chi connectivity index (χ0) is 26.4. The van der Waals surface area contributed by atoms with E-state index >= 15 is 0 Å². The molecule has 0 unspecified atom stereocenters. The van der Waals surface area contributed by atoms with E-state index in [-0.39, 0.29) is 18.1 Å². The van der Waals surface area contributed by atoms with Crippen molar-refractivity contribution < 1.29 is 9.53 Å². The second kappa shape index (κ2) is 12.4. The molecule has 0 radical (unpaired) electrons. The van der Waals surface area contributed by atoms with Crippen LogP contribution < -0.4 is 15.6 Å². The standard InChI is InChI=1S/C27H23BrCl2N4O3/c1-2-3-4-25-33-23-11-5-18(28)14-22(23)27(36)34(25)31-15-17-13-20(30)8-12-24(17)37-16-26(35)32-21-9-6-19(29)7-10-21/h5-15H,2-4,16H2,1H3,(H,32,35). The number of carbonyl (C=O) groups is 1. The van der Waals surface area contributed by atoms with Gasteiger partial charge in [-0.15, -0.1) is 0 Å². The number of rotatable bonds is 9. The van der Waals surface area contributed by atoms with E-state index in [0.717, 1.165) is 17.3 Å². The smallest absolute Gasteiger partial charge is 0.282 e. The Balaban J connectivity index is 1.60. The Labute approximate surface area is 232 Å². The Kier molecular flexibility index (Phi) is 8.97. The van der Waals surface area contributed by atoms with E-state index in [1.54, 1.807) is 48.5 Å². The predicted octanol–water partition coefficient (Wildman–Crippen LogP) is 6.71. The number of anilines is 1. The maximum atomic E-state index is 13.3. The van der Waals surface area contributed by atoms with Gasteiger partial charge in [-0.25, -0.2) is 4.98 Å². The highest BCUT2D eigenvalue weighted by molar-refractivity contribution is 9.10. The number of unbranched alkanes of at least 4 members (excludes halogenated alkanes) is 1. The first kappa shape index (κ1) is 26.9. The van der Waals surface area contributed by atoms with Crippen molar-refractivity contribution >= 4 is 67.8 Å². The molecule has 1 amide bonds. The third-order valence-corrected chi connectivity index (χ3v) is 6.38. The van der Waals surface area contributed by atoms with Gasteiger partial charge in [0.05, 0.1) is 17.1 Å². The molecule has 1 heterocycles. The van der Waals surface area contributed by atoms with E-state index < -0.39 is 0 Å². The number of nitrogens with one attached hydrogen (secondary N) is 1. The predicted molar refractivity (Wildman–Crippen MR) is 152 cm³/mol. The molecule has 0 aliphatic rings. The van der Waals surface area contributed by atoms with Crippen LogP contribution in [0.4, 0.5) is 5.69 Å². The van der Waals surface area contributed by atoms with Crippen molar-refractivity contribution in [3.8, 4) is 5.75 Å². The van der Waals surface area contributed by atoms with Gasteiger partial charge in [-0.3, -0.25) is 9.59 Å². The molecule has 0 fully saturated rings. The molecular formula is C27H23BrCl2N4O3. The Hall–Kier alpha value is -3.20. The Morgan fingerprint density at radius 1 is 1.11 bits per heavy atom. The van der Waals surface area contributed by atoms with Gasteiger partial charge in [-0.2, -0.15) is 9.78 Å². The summed E-state index contributed by atoms with van der Waals surface area (Å²) in [6.07, 6.45) is 3.89. The first-order valence-electron chi connectivity index (χ1n) is 11.6. The molecule has 1 aromatic heterocycles. The molecule has 0 saturated carbocycles. The number of nitrogens with zero attached hydrogens (tertiary/aromatic N) is 3. The lowest BCUT2D eigenvalue weighted by Gasteiger charge is -2.11. The number of hydrogen-bond donors (Lipinski definition) is 1. The van der Waals surface area contributed by atoms with Crippen molar-refractivity contribution in [1.82, 2.24) is 9.66 Å².